The van der Waals surface area contributed by atoms with Crippen molar-refractivity contribution >= 4 is 0 Å². The van der Waals surface area contributed by atoms with Crippen molar-refractivity contribution in [2.24, 2.45) is 11.1 Å². The van der Waals surface area contributed by atoms with Crippen LogP contribution < -0.4 is 5.73 Å². The van der Waals surface area contributed by atoms with E-state index in [9.17, 15) is 0 Å². The summed E-state index contributed by atoms with van der Waals surface area (Å²) in [6.45, 7) is 4.57. The molecule has 2 nitrogen and oxygen atoms in total. The molecule has 3 rings (SSSR count). The summed E-state index contributed by atoms with van der Waals surface area (Å²) in [4.78, 5) is 2.86. The van der Waals surface area contributed by atoms with Crippen molar-refractivity contribution in [3.63, 3.8) is 0 Å². The lowest BCUT2D eigenvalue weighted by atomic mass is 9.65. The molecule has 0 bridgehead atoms. The predicted octanol–water partition coefficient (Wildman–Crippen LogP) is 4.08. The molecule has 1 unspecified atom stereocenters. The van der Waals surface area contributed by atoms with E-state index in [1.54, 1.807) is 0 Å². The summed E-state index contributed by atoms with van der Waals surface area (Å²) in [5.41, 5.74) is 7.42. The summed E-state index contributed by atoms with van der Waals surface area (Å²) in [5, 5.41) is 0. The zero-order chi connectivity index (χ0) is 14.1. The summed E-state index contributed by atoms with van der Waals surface area (Å²) in [7, 11) is 0. The van der Waals surface area contributed by atoms with Crippen LogP contribution in [0.1, 0.15) is 84.0 Å². The van der Waals surface area contributed by atoms with Crippen molar-refractivity contribution in [3.05, 3.63) is 0 Å². The molecule has 0 aromatic carbocycles. The fraction of sp³-hybridized carbons (Fsp3) is 1.00. The number of nitrogens with two attached hydrogens (primary N) is 1. The molecule has 0 aromatic rings. The minimum Gasteiger partial charge on any atom is -0.329 e. The lowest BCUT2D eigenvalue weighted by molar-refractivity contribution is -0.0304. The molecule has 2 saturated carbocycles. The van der Waals surface area contributed by atoms with Crippen LogP contribution in [0.3, 0.4) is 0 Å². The van der Waals surface area contributed by atoms with E-state index < -0.39 is 0 Å². The van der Waals surface area contributed by atoms with Crippen molar-refractivity contribution in [3.8, 4) is 0 Å². The van der Waals surface area contributed by atoms with E-state index in [0.717, 1.165) is 18.0 Å². The molecule has 116 valence electrons. The third kappa shape index (κ3) is 2.54. The van der Waals surface area contributed by atoms with Gasteiger partial charge in [-0.25, -0.2) is 0 Å². The quantitative estimate of drug-likeness (QED) is 0.842. The highest BCUT2D eigenvalue weighted by atomic mass is 15.2. The lowest BCUT2D eigenvalue weighted by Crippen LogP contribution is -2.61. The Balaban J connectivity index is 1.71. The van der Waals surface area contributed by atoms with Crippen molar-refractivity contribution in [2.45, 2.75) is 95.6 Å². The van der Waals surface area contributed by atoms with Crippen LogP contribution in [0.15, 0.2) is 0 Å². The number of hydrogen-bond acceptors (Lipinski definition) is 2. The van der Waals surface area contributed by atoms with Gasteiger partial charge in [0.15, 0.2) is 0 Å². The zero-order valence-electron chi connectivity index (χ0n) is 13.5. The van der Waals surface area contributed by atoms with Crippen LogP contribution in [0.4, 0.5) is 0 Å². The van der Waals surface area contributed by atoms with Gasteiger partial charge in [0, 0.05) is 18.1 Å². The maximum atomic E-state index is 6.33. The molecular weight excluding hydrogens is 244 g/mol. The van der Waals surface area contributed by atoms with Gasteiger partial charge in [-0.1, -0.05) is 26.2 Å². The minimum absolute atomic E-state index is 0.356. The Hall–Kier alpha value is -0.0800. The molecule has 0 amide bonds. The molecule has 1 saturated heterocycles. The topological polar surface area (TPSA) is 29.3 Å². The first-order chi connectivity index (χ1) is 9.74. The van der Waals surface area contributed by atoms with Gasteiger partial charge >= 0.3 is 0 Å². The molecule has 20 heavy (non-hydrogen) atoms. The molecule has 1 heterocycles. The van der Waals surface area contributed by atoms with Crippen LogP contribution in [0.5, 0.6) is 0 Å². The number of piperidine rings is 1. The standard InChI is InChI=1S/C18H34N2/c1-2-16-7-3-6-14-20(16)18(15-19)12-10-17(11-13-18)8-4-5-9-17/h16H,2-15,19H2,1H3. The van der Waals surface area contributed by atoms with E-state index >= 15 is 0 Å². The smallest absolute Gasteiger partial charge is 0.0335 e. The molecule has 1 atom stereocenters. The third-order valence-electron chi connectivity index (χ3n) is 6.99. The van der Waals surface area contributed by atoms with Crippen LogP contribution in [0, 0.1) is 5.41 Å². The van der Waals surface area contributed by atoms with E-state index in [1.807, 2.05) is 0 Å². The summed E-state index contributed by atoms with van der Waals surface area (Å²) in [6.07, 6.45) is 17.2. The highest BCUT2D eigenvalue weighted by Crippen LogP contribution is 2.53. The molecular formula is C18H34N2. The largest absolute Gasteiger partial charge is 0.329 e. The second-order valence-corrected chi connectivity index (χ2v) is 7.89. The summed E-state index contributed by atoms with van der Waals surface area (Å²) < 4.78 is 0. The zero-order valence-corrected chi connectivity index (χ0v) is 13.5. The monoisotopic (exact) mass is 278 g/mol. The van der Waals surface area contributed by atoms with Gasteiger partial charge in [-0.2, -0.15) is 0 Å². The van der Waals surface area contributed by atoms with Gasteiger partial charge in [-0.15, -0.1) is 0 Å². The van der Waals surface area contributed by atoms with Crippen molar-refractivity contribution in [2.75, 3.05) is 13.1 Å². The summed E-state index contributed by atoms with van der Waals surface area (Å²) in [6, 6.07) is 0.810. The Labute approximate surface area is 125 Å². The molecule has 2 heteroatoms. The van der Waals surface area contributed by atoms with Crippen molar-refractivity contribution in [1.82, 2.24) is 4.90 Å². The van der Waals surface area contributed by atoms with E-state index in [0.29, 0.717) is 5.54 Å². The van der Waals surface area contributed by atoms with Gasteiger partial charge in [-0.05, 0) is 69.7 Å². The van der Waals surface area contributed by atoms with Crippen LogP contribution in [0.25, 0.3) is 0 Å². The van der Waals surface area contributed by atoms with Crippen LogP contribution >= 0.6 is 0 Å². The fourth-order valence-corrected chi connectivity index (χ4v) is 5.53. The lowest BCUT2D eigenvalue weighted by Gasteiger charge is -2.54. The number of rotatable bonds is 3. The maximum Gasteiger partial charge on any atom is 0.0335 e. The Kier molecular flexibility index (Phi) is 4.42. The first-order valence-corrected chi connectivity index (χ1v) is 9.20. The first kappa shape index (κ1) is 14.8. The van der Waals surface area contributed by atoms with Crippen LogP contribution in [0.2, 0.25) is 0 Å². The van der Waals surface area contributed by atoms with Gasteiger partial charge in [0.1, 0.15) is 0 Å². The predicted molar refractivity (Wildman–Crippen MR) is 85.8 cm³/mol. The Morgan fingerprint density at radius 2 is 1.65 bits per heavy atom. The van der Waals surface area contributed by atoms with Gasteiger partial charge in [0.2, 0.25) is 0 Å². The maximum absolute atomic E-state index is 6.33. The Morgan fingerprint density at radius 1 is 0.950 bits per heavy atom. The number of hydrogen-bond donors (Lipinski definition) is 1. The van der Waals surface area contributed by atoms with E-state index in [-0.39, 0.29) is 0 Å². The number of nitrogens with zero attached hydrogens (tertiary/aromatic N) is 1. The molecule has 1 aliphatic heterocycles. The second kappa shape index (κ2) is 5.96. The Bertz CT molecular complexity index is 309. The fourth-order valence-electron chi connectivity index (χ4n) is 5.53. The SMILES string of the molecule is CCC1CCCCN1C1(CN)CCC2(CCCC2)CC1. The van der Waals surface area contributed by atoms with Crippen molar-refractivity contribution < 1.29 is 0 Å². The molecule has 3 aliphatic rings. The van der Waals surface area contributed by atoms with Crippen LogP contribution in [-0.2, 0) is 0 Å². The van der Waals surface area contributed by atoms with Gasteiger partial charge in [0.25, 0.3) is 0 Å². The molecule has 3 fully saturated rings. The van der Waals surface area contributed by atoms with E-state index in [2.05, 4.69) is 11.8 Å². The Morgan fingerprint density at radius 3 is 2.25 bits per heavy atom. The van der Waals surface area contributed by atoms with E-state index in [1.165, 1.54) is 83.6 Å². The highest BCUT2D eigenvalue weighted by Gasteiger charge is 2.47. The molecule has 2 N–H and O–H groups in total. The first-order valence-electron chi connectivity index (χ1n) is 9.20. The van der Waals surface area contributed by atoms with Crippen LogP contribution in [-0.4, -0.2) is 29.6 Å². The molecule has 0 radical (unpaired) electrons. The molecule has 2 aliphatic carbocycles. The summed E-state index contributed by atoms with van der Waals surface area (Å²) >= 11 is 0. The molecule has 1 spiro atoms. The van der Waals surface area contributed by atoms with Gasteiger partial charge < -0.3 is 5.73 Å². The average molecular weight is 278 g/mol. The van der Waals surface area contributed by atoms with E-state index in [4.69, 9.17) is 5.73 Å². The summed E-state index contributed by atoms with van der Waals surface area (Å²) in [5.74, 6) is 0. The minimum atomic E-state index is 0.356. The van der Waals surface area contributed by atoms with Gasteiger partial charge in [-0.3, -0.25) is 4.90 Å². The molecule has 0 aromatic heterocycles. The third-order valence-corrected chi connectivity index (χ3v) is 6.99. The highest BCUT2D eigenvalue weighted by molar-refractivity contribution is 5.03. The van der Waals surface area contributed by atoms with Gasteiger partial charge in [0.05, 0.1) is 0 Å². The van der Waals surface area contributed by atoms with Crippen molar-refractivity contribution in [1.29, 1.82) is 0 Å². The second-order valence-electron chi connectivity index (χ2n) is 7.89. The number of likely N-dealkylation sites (tertiary alicyclic amines) is 1. The average Bonchev–Trinajstić information content (AvgIpc) is 2.97. The normalized spacial score (nSPS) is 33.6.